The highest BCUT2D eigenvalue weighted by Gasteiger charge is 2.18. The van der Waals surface area contributed by atoms with Gasteiger partial charge in [-0.2, -0.15) is 0 Å². The Bertz CT molecular complexity index is 1190. The van der Waals surface area contributed by atoms with Crippen LogP contribution in [0.3, 0.4) is 0 Å². The fourth-order valence-electron chi connectivity index (χ4n) is 3.66. The molecule has 4 aromatic rings. The Morgan fingerprint density at radius 1 is 1.03 bits per heavy atom. The molecular weight excluding hydrogens is 386 g/mol. The highest BCUT2D eigenvalue weighted by Crippen LogP contribution is 2.29. The number of aromatic nitrogens is 4. The van der Waals surface area contributed by atoms with Gasteiger partial charge in [0.05, 0.1) is 11.6 Å². The molecule has 4 heterocycles. The van der Waals surface area contributed by atoms with Crippen LogP contribution in [-0.2, 0) is 19.6 Å². The van der Waals surface area contributed by atoms with Crippen LogP contribution in [0.25, 0.3) is 10.8 Å². The summed E-state index contributed by atoms with van der Waals surface area (Å²) in [6, 6.07) is 10.1. The number of hydrogen-bond donors (Lipinski definition) is 2. The number of hydrogen-bond acceptors (Lipinski definition) is 6. The van der Waals surface area contributed by atoms with Gasteiger partial charge >= 0.3 is 0 Å². The molecular formula is C21H20ClN7. The Labute approximate surface area is 173 Å². The van der Waals surface area contributed by atoms with Crippen LogP contribution in [0.5, 0.6) is 0 Å². The Hall–Kier alpha value is -3.32. The minimum atomic E-state index is 0.483. The first-order chi connectivity index (χ1) is 14.2. The van der Waals surface area contributed by atoms with E-state index in [-0.39, 0.29) is 0 Å². The largest absolute Gasteiger partial charge is 0.383 e. The number of nitrogens with one attached hydrogen (secondary N) is 1. The molecule has 1 aliphatic rings. The van der Waals surface area contributed by atoms with Crippen molar-refractivity contribution in [1.29, 1.82) is 0 Å². The molecule has 0 bridgehead atoms. The van der Waals surface area contributed by atoms with Crippen LogP contribution >= 0.6 is 11.6 Å². The molecule has 0 unspecified atom stereocenters. The zero-order valence-electron chi connectivity index (χ0n) is 15.7. The van der Waals surface area contributed by atoms with Crippen molar-refractivity contribution in [3.8, 4) is 0 Å². The zero-order valence-corrected chi connectivity index (χ0v) is 16.5. The van der Waals surface area contributed by atoms with Crippen molar-refractivity contribution < 1.29 is 0 Å². The number of nitrogens with zero attached hydrogens (tertiary/aromatic N) is 5. The maximum atomic E-state index is 6.29. The summed E-state index contributed by atoms with van der Waals surface area (Å²) in [4.78, 5) is 15.4. The molecule has 146 valence electrons. The van der Waals surface area contributed by atoms with Gasteiger partial charge in [-0.1, -0.05) is 11.6 Å². The lowest BCUT2D eigenvalue weighted by Gasteiger charge is -2.28. The van der Waals surface area contributed by atoms with Crippen molar-refractivity contribution >= 4 is 39.7 Å². The van der Waals surface area contributed by atoms with E-state index in [0.717, 1.165) is 53.3 Å². The molecule has 7 nitrogen and oxygen atoms in total. The van der Waals surface area contributed by atoms with Gasteiger partial charge in [0.2, 0.25) is 0 Å². The van der Waals surface area contributed by atoms with Crippen LogP contribution in [-0.4, -0.2) is 26.1 Å². The summed E-state index contributed by atoms with van der Waals surface area (Å²) in [5.74, 6) is 2.53. The molecule has 0 spiro atoms. The normalized spacial score (nSPS) is 13.5. The number of fused-ring (bicyclic) bond motifs is 2. The first kappa shape index (κ1) is 17.8. The quantitative estimate of drug-likeness (QED) is 0.538. The average molecular weight is 406 g/mol. The molecule has 3 N–H and O–H groups in total. The summed E-state index contributed by atoms with van der Waals surface area (Å²) < 4.78 is 2.19. The summed E-state index contributed by atoms with van der Waals surface area (Å²) in [7, 11) is 0. The fourth-order valence-corrected chi connectivity index (χ4v) is 3.86. The number of anilines is 3. The van der Waals surface area contributed by atoms with Crippen LogP contribution < -0.4 is 16.0 Å². The summed E-state index contributed by atoms with van der Waals surface area (Å²) in [6.45, 7) is 3.30. The van der Waals surface area contributed by atoms with Gasteiger partial charge < -0.3 is 20.5 Å². The second-order valence-electron chi connectivity index (χ2n) is 7.09. The van der Waals surface area contributed by atoms with Gasteiger partial charge in [0.1, 0.15) is 17.5 Å². The summed E-state index contributed by atoms with van der Waals surface area (Å²) >= 11 is 6.29. The third-order valence-corrected chi connectivity index (χ3v) is 5.55. The van der Waals surface area contributed by atoms with Crippen LogP contribution in [0.15, 0.2) is 55.1 Å². The lowest BCUT2D eigenvalue weighted by molar-refractivity contribution is 0.556. The van der Waals surface area contributed by atoms with Crippen molar-refractivity contribution in [2.24, 2.45) is 0 Å². The maximum Gasteiger partial charge on any atom is 0.131 e. The highest BCUT2D eigenvalue weighted by atomic mass is 35.5. The number of benzene rings is 1. The summed E-state index contributed by atoms with van der Waals surface area (Å²) in [5, 5.41) is 5.80. The zero-order chi connectivity index (χ0) is 19.8. The van der Waals surface area contributed by atoms with E-state index >= 15 is 0 Å². The maximum absolute atomic E-state index is 6.29. The van der Waals surface area contributed by atoms with Gasteiger partial charge in [0, 0.05) is 60.9 Å². The lowest BCUT2D eigenvalue weighted by Crippen LogP contribution is -2.34. The van der Waals surface area contributed by atoms with Crippen molar-refractivity contribution in [2.75, 3.05) is 22.5 Å². The molecule has 0 amide bonds. The number of halogens is 1. The molecule has 3 aromatic heterocycles. The van der Waals surface area contributed by atoms with E-state index < -0.39 is 0 Å². The smallest absolute Gasteiger partial charge is 0.131 e. The predicted octanol–water partition coefficient (Wildman–Crippen LogP) is 3.69. The lowest BCUT2D eigenvalue weighted by atomic mass is 10.1. The topological polar surface area (TPSA) is 84.9 Å². The van der Waals surface area contributed by atoms with E-state index in [0.29, 0.717) is 17.4 Å². The van der Waals surface area contributed by atoms with Gasteiger partial charge in [0.25, 0.3) is 0 Å². The van der Waals surface area contributed by atoms with Crippen LogP contribution in [0.1, 0.15) is 11.4 Å². The summed E-state index contributed by atoms with van der Waals surface area (Å²) in [6.07, 6.45) is 7.32. The first-order valence-corrected chi connectivity index (χ1v) is 9.83. The molecule has 0 saturated heterocycles. The van der Waals surface area contributed by atoms with Crippen molar-refractivity contribution in [2.45, 2.75) is 19.6 Å². The summed E-state index contributed by atoms with van der Waals surface area (Å²) in [5.41, 5.74) is 8.08. The van der Waals surface area contributed by atoms with Crippen molar-refractivity contribution in [3.63, 3.8) is 0 Å². The van der Waals surface area contributed by atoms with Crippen LogP contribution in [0.4, 0.5) is 17.3 Å². The predicted molar refractivity (Wildman–Crippen MR) is 116 cm³/mol. The molecule has 1 aliphatic heterocycles. The molecule has 0 saturated carbocycles. The van der Waals surface area contributed by atoms with Gasteiger partial charge in [-0.3, -0.25) is 0 Å². The van der Waals surface area contributed by atoms with Crippen molar-refractivity contribution in [3.05, 3.63) is 71.5 Å². The van der Waals surface area contributed by atoms with E-state index in [4.69, 9.17) is 17.3 Å². The van der Waals surface area contributed by atoms with E-state index in [1.165, 1.54) is 0 Å². The van der Waals surface area contributed by atoms with E-state index in [2.05, 4.69) is 35.8 Å². The van der Waals surface area contributed by atoms with E-state index in [9.17, 15) is 0 Å². The molecule has 0 fully saturated rings. The highest BCUT2D eigenvalue weighted by molar-refractivity contribution is 6.35. The third kappa shape index (κ3) is 3.45. The second kappa shape index (κ2) is 7.25. The van der Waals surface area contributed by atoms with Crippen LogP contribution in [0, 0.1) is 0 Å². The van der Waals surface area contributed by atoms with Crippen molar-refractivity contribution in [1.82, 2.24) is 19.5 Å². The van der Waals surface area contributed by atoms with Gasteiger partial charge in [-0.25, -0.2) is 15.0 Å². The monoisotopic (exact) mass is 405 g/mol. The Morgan fingerprint density at radius 3 is 2.90 bits per heavy atom. The molecule has 0 radical (unpaired) electrons. The minimum Gasteiger partial charge on any atom is -0.383 e. The van der Waals surface area contributed by atoms with Crippen LogP contribution in [0.2, 0.25) is 5.02 Å². The number of rotatable bonds is 4. The first-order valence-electron chi connectivity index (χ1n) is 9.45. The Kier molecular flexibility index (Phi) is 4.44. The molecule has 5 rings (SSSR count). The Balaban J connectivity index is 1.32. The number of imidazole rings is 1. The number of nitrogen functional groups attached to an aromatic ring is 1. The number of pyridine rings is 2. The van der Waals surface area contributed by atoms with Gasteiger partial charge in [-0.15, -0.1) is 0 Å². The fraction of sp³-hybridized carbons (Fsp3) is 0.190. The Morgan fingerprint density at radius 2 is 1.97 bits per heavy atom. The van der Waals surface area contributed by atoms with Gasteiger partial charge in [0.15, 0.2) is 0 Å². The SMILES string of the molecule is Nc1ncc(Cl)c2cc(NCc3ccnc(N4CCn5ccnc5C4)c3)ccc12. The average Bonchev–Trinajstić information content (AvgIpc) is 3.23. The minimum absolute atomic E-state index is 0.483. The van der Waals surface area contributed by atoms with E-state index in [1.54, 1.807) is 6.20 Å². The molecule has 0 atom stereocenters. The standard InChI is InChI=1S/C21H20ClN7/c22-18-12-27-21(23)16-2-1-15(10-17(16)18)26-11-14-3-4-24-19(9-14)29-8-7-28-6-5-25-20(28)13-29/h1-6,9-10,12,26H,7-8,11,13H2,(H2,23,27). The third-order valence-electron chi connectivity index (χ3n) is 5.25. The number of nitrogens with two attached hydrogens (primary N) is 1. The molecule has 1 aromatic carbocycles. The van der Waals surface area contributed by atoms with E-state index in [1.807, 2.05) is 42.9 Å². The molecule has 29 heavy (non-hydrogen) atoms. The molecule has 8 heteroatoms. The van der Waals surface area contributed by atoms with Gasteiger partial charge in [-0.05, 0) is 35.9 Å². The molecule has 0 aliphatic carbocycles. The second-order valence-corrected chi connectivity index (χ2v) is 7.49.